The molecule has 33 heavy (non-hydrogen) atoms. The second-order valence-electron chi connectivity index (χ2n) is 6.62. The zero-order chi connectivity index (χ0) is 23.8. The van der Waals surface area contributed by atoms with Crippen molar-refractivity contribution in [3.63, 3.8) is 0 Å². The van der Waals surface area contributed by atoms with Crippen molar-refractivity contribution in [3.05, 3.63) is 89.9 Å². The van der Waals surface area contributed by atoms with Crippen LogP contribution in [0, 0.1) is 11.6 Å². The summed E-state index contributed by atoms with van der Waals surface area (Å²) < 4.78 is 63.1. The molecule has 2 aromatic carbocycles. The third-order valence-electron chi connectivity index (χ3n) is 4.11. The van der Waals surface area contributed by atoms with E-state index in [2.05, 4.69) is 10.0 Å². The maximum absolute atomic E-state index is 13.1. The van der Waals surface area contributed by atoms with Crippen LogP contribution in [0.2, 0.25) is 0 Å². The molecule has 1 amide bonds. The van der Waals surface area contributed by atoms with Gasteiger partial charge in [-0.05, 0) is 48.0 Å². The molecule has 1 heterocycles. The lowest BCUT2D eigenvalue weighted by molar-refractivity contribution is -0.142. The number of amides is 1. The average molecular weight is 476 g/mol. The van der Waals surface area contributed by atoms with Crippen molar-refractivity contribution in [1.82, 2.24) is 4.72 Å². The van der Waals surface area contributed by atoms with Gasteiger partial charge in [-0.3, -0.25) is 4.79 Å². The molecule has 0 spiro atoms. The van der Waals surface area contributed by atoms with Gasteiger partial charge < -0.3 is 14.5 Å². The van der Waals surface area contributed by atoms with Gasteiger partial charge in [0.05, 0.1) is 17.7 Å². The molecule has 3 rings (SSSR count). The summed E-state index contributed by atoms with van der Waals surface area (Å²) in [5.41, 5.74) is 0.398. The monoisotopic (exact) mass is 476 g/mol. The molecule has 0 atom stereocenters. The first-order chi connectivity index (χ1) is 15.7. The van der Waals surface area contributed by atoms with Crippen LogP contribution in [0.1, 0.15) is 11.3 Å². The Kier molecular flexibility index (Phi) is 7.70. The zero-order valence-electron chi connectivity index (χ0n) is 17.0. The Balaban J connectivity index is 1.48. The quantitative estimate of drug-likeness (QED) is 0.362. The maximum Gasteiger partial charge on any atom is 0.331 e. The Hall–Kier alpha value is -3.83. The van der Waals surface area contributed by atoms with E-state index in [9.17, 15) is 26.8 Å². The minimum atomic E-state index is -3.75. The lowest BCUT2D eigenvalue weighted by atomic mass is 10.2. The smallest absolute Gasteiger partial charge is 0.331 e. The van der Waals surface area contributed by atoms with E-state index in [-0.39, 0.29) is 17.1 Å². The first kappa shape index (κ1) is 23.8. The molecular weight excluding hydrogens is 458 g/mol. The predicted octanol–water partition coefficient (Wildman–Crippen LogP) is 3.23. The normalized spacial score (nSPS) is 11.5. The van der Waals surface area contributed by atoms with Gasteiger partial charge in [0.15, 0.2) is 6.61 Å². The van der Waals surface area contributed by atoms with E-state index in [1.807, 2.05) is 0 Å². The van der Waals surface area contributed by atoms with Gasteiger partial charge in [-0.15, -0.1) is 0 Å². The van der Waals surface area contributed by atoms with E-state index in [1.165, 1.54) is 36.6 Å². The summed E-state index contributed by atoms with van der Waals surface area (Å²) >= 11 is 0. The van der Waals surface area contributed by atoms with Crippen molar-refractivity contribution >= 4 is 33.7 Å². The highest BCUT2D eigenvalue weighted by Gasteiger charge is 2.14. The highest BCUT2D eigenvalue weighted by molar-refractivity contribution is 7.89. The van der Waals surface area contributed by atoms with Gasteiger partial charge in [-0.1, -0.05) is 12.1 Å². The molecule has 2 N–H and O–H groups in total. The van der Waals surface area contributed by atoms with Crippen molar-refractivity contribution in [2.24, 2.45) is 0 Å². The summed E-state index contributed by atoms with van der Waals surface area (Å²) in [6, 6.07) is 11.5. The van der Waals surface area contributed by atoms with Gasteiger partial charge in [0.1, 0.15) is 17.4 Å². The van der Waals surface area contributed by atoms with E-state index in [1.54, 1.807) is 12.1 Å². The number of rotatable bonds is 9. The van der Waals surface area contributed by atoms with Gasteiger partial charge in [0.25, 0.3) is 5.91 Å². The second-order valence-corrected chi connectivity index (χ2v) is 8.39. The number of esters is 1. The summed E-state index contributed by atoms with van der Waals surface area (Å²) in [6.07, 6.45) is 3.86. The van der Waals surface area contributed by atoms with Crippen molar-refractivity contribution in [1.29, 1.82) is 0 Å². The van der Waals surface area contributed by atoms with E-state index < -0.39 is 40.1 Å². The molecule has 0 fully saturated rings. The van der Waals surface area contributed by atoms with Crippen LogP contribution >= 0.6 is 0 Å². The molecule has 0 aliphatic heterocycles. The Morgan fingerprint density at radius 3 is 2.36 bits per heavy atom. The highest BCUT2D eigenvalue weighted by Crippen LogP contribution is 2.14. The minimum absolute atomic E-state index is 0.00452. The molecule has 0 saturated carbocycles. The van der Waals surface area contributed by atoms with Gasteiger partial charge >= 0.3 is 5.97 Å². The molecule has 11 heteroatoms. The number of furan rings is 1. The Bertz CT molecular complexity index is 1240. The molecule has 0 aliphatic carbocycles. The number of benzene rings is 2. The first-order valence-corrected chi connectivity index (χ1v) is 10.9. The fraction of sp³-hybridized carbons (Fsp3) is 0.0909. The lowest BCUT2D eigenvalue weighted by Crippen LogP contribution is -2.22. The molecule has 8 nitrogen and oxygen atoms in total. The van der Waals surface area contributed by atoms with Crippen molar-refractivity contribution in [2.75, 3.05) is 11.9 Å². The lowest BCUT2D eigenvalue weighted by Gasteiger charge is -2.06. The summed E-state index contributed by atoms with van der Waals surface area (Å²) in [7, 11) is -3.75. The average Bonchev–Trinajstić information content (AvgIpc) is 3.28. The van der Waals surface area contributed by atoms with Crippen molar-refractivity contribution in [3.8, 4) is 0 Å². The number of anilines is 1. The standard InChI is InChI=1S/C22H18F2N2O6S/c23-16-10-17(24)12-18(11-16)26-21(27)14-32-22(28)8-5-15-3-6-20(7-4-15)33(29,30)25-13-19-2-1-9-31-19/h1-12,25H,13-14H2,(H,26,27)/b8-5+. The van der Waals surface area contributed by atoms with E-state index in [0.717, 1.165) is 18.2 Å². The molecule has 1 aromatic heterocycles. The molecule has 3 aromatic rings. The highest BCUT2D eigenvalue weighted by atomic mass is 32.2. The number of ether oxygens (including phenoxy) is 1. The third kappa shape index (κ3) is 7.37. The maximum atomic E-state index is 13.1. The van der Waals surface area contributed by atoms with Crippen LogP contribution in [-0.4, -0.2) is 26.9 Å². The SMILES string of the molecule is O=C(COC(=O)/C=C/c1ccc(S(=O)(=O)NCc2ccco2)cc1)Nc1cc(F)cc(F)c1. The van der Waals surface area contributed by atoms with Crippen LogP contribution in [0.15, 0.2) is 76.2 Å². The Morgan fingerprint density at radius 2 is 1.73 bits per heavy atom. The summed E-state index contributed by atoms with van der Waals surface area (Å²) in [5.74, 6) is -2.88. The van der Waals surface area contributed by atoms with E-state index in [4.69, 9.17) is 9.15 Å². The summed E-state index contributed by atoms with van der Waals surface area (Å²) in [4.78, 5) is 23.6. The predicted molar refractivity (Wildman–Crippen MR) is 114 cm³/mol. The van der Waals surface area contributed by atoms with Crippen LogP contribution in [-0.2, 0) is 30.9 Å². The van der Waals surface area contributed by atoms with E-state index >= 15 is 0 Å². The van der Waals surface area contributed by atoms with E-state index in [0.29, 0.717) is 17.4 Å². The fourth-order valence-corrected chi connectivity index (χ4v) is 3.59. The number of hydrogen-bond donors (Lipinski definition) is 2. The summed E-state index contributed by atoms with van der Waals surface area (Å²) in [5, 5.41) is 2.20. The molecule has 0 unspecified atom stereocenters. The third-order valence-corrected chi connectivity index (χ3v) is 5.53. The number of hydrogen-bond acceptors (Lipinski definition) is 6. The molecule has 0 radical (unpaired) electrons. The van der Waals surface area contributed by atoms with Gasteiger partial charge in [0.2, 0.25) is 10.0 Å². The van der Waals surface area contributed by atoms with Crippen molar-refractivity contribution < 1.29 is 35.9 Å². The van der Waals surface area contributed by atoms with Crippen LogP contribution in [0.3, 0.4) is 0 Å². The molecule has 0 bridgehead atoms. The number of halogens is 2. The first-order valence-electron chi connectivity index (χ1n) is 9.44. The summed E-state index contributed by atoms with van der Waals surface area (Å²) in [6.45, 7) is -0.662. The molecular formula is C22H18F2N2O6S. The number of carbonyl (C=O) groups is 2. The molecule has 172 valence electrons. The largest absolute Gasteiger partial charge is 0.468 e. The number of sulfonamides is 1. The van der Waals surface area contributed by atoms with Gasteiger partial charge in [-0.25, -0.2) is 26.7 Å². The number of nitrogens with one attached hydrogen (secondary N) is 2. The topological polar surface area (TPSA) is 115 Å². The van der Waals surface area contributed by atoms with Gasteiger partial charge in [0, 0.05) is 17.8 Å². The van der Waals surface area contributed by atoms with Crippen LogP contribution in [0.25, 0.3) is 6.08 Å². The molecule has 0 saturated heterocycles. The Morgan fingerprint density at radius 1 is 1.03 bits per heavy atom. The van der Waals surface area contributed by atoms with Crippen LogP contribution in [0.5, 0.6) is 0 Å². The molecule has 0 aliphatic rings. The fourth-order valence-electron chi connectivity index (χ4n) is 2.59. The second kappa shape index (κ2) is 10.7. The van der Waals surface area contributed by atoms with Crippen LogP contribution in [0.4, 0.5) is 14.5 Å². The van der Waals surface area contributed by atoms with Crippen molar-refractivity contribution in [2.45, 2.75) is 11.4 Å². The Labute approximate surface area is 187 Å². The zero-order valence-corrected chi connectivity index (χ0v) is 17.8. The number of carbonyl (C=O) groups excluding carboxylic acids is 2. The van der Waals surface area contributed by atoms with Crippen LogP contribution < -0.4 is 10.0 Å². The van der Waals surface area contributed by atoms with Gasteiger partial charge in [-0.2, -0.15) is 0 Å². The minimum Gasteiger partial charge on any atom is -0.468 e.